The third-order valence-electron chi connectivity index (χ3n) is 2.54. The van der Waals surface area contributed by atoms with Gasteiger partial charge in [-0.25, -0.2) is 4.79 Å². The summed E-state index contributed by atoms with van der Waals surface area (Å²) in [6, 6.07) is 0.0110. The molecule has 0 heterocycles. The molecular formula is C12H26N2O3. The third kappa shape index (κ3) is 7.18. The fourth-order valence-corrected chi connectivity index (χ4v) is 1.52. The van der Waals surface area contributed by atoms with E-state index in [0.29, 0.717) is 19.8 Å². The summed E-state index contributed by atoms with van der Waals surface area (Å²) in [6.07, 6.45) is 2.08. The van der Waals surface area contributed by atoms with E-state index in [-0.39, 0.29) is 12.1 Å². The number of carbonyl (C=O) groups is 1. The average Bonchev–Trinajstić information content (AvgIpc) is 2.30. The zero-order valence-corrected chi connectivity index (χ0v) is 11.5. The molecule has 1 unspecified atom stereocenters. The summed E-state index contributed by atoms with van der Waals surface area (Å²) in [4.78, 5) is 13.7. The van der Waals surface area contributed by atoms with Crippen molar-refractivity contribution in [2.24, 2.45) is 0 Å². The van der Waals surface area contributed by atoms with Gasteiger partial charge in [-0.2, -0.15) is 0 Å². The molecule has 1 N–H and O–H groups in total. The number of methoxy groups -OCH3 is 2. The quantitative estimate of drug-likeness (QED) is 0.627. The van der Waals surface area contributed by atoms with Gasteiger partial charge in [0.1, 0.15) is 0 Å². The number of amides is 2. The first-order valence-electron chi connectivity index (χ1n) is 6.19. The van der Waals surface area contributed by atoms with Crippen LogP contribution in [0.25, 0.3) is 0 Å². The molecule has 0 rings (SSSR count). The Balaban J connectivity index is 4.18. The standard InChI is InChI=1S/C12H26N2O3/c1-5-6-7-13-12(15)14(8-9-16-3)11(2)10-17-4/h11H,5-10H2,1-4H3,(H,13,15). The Morgan fingerprint density at radius 1 is 1.35 bits per heavy atom. The van der Waals surface area contributed by atoms with E-state index in [4.69, 9.17) is 9.47 Å². The lowest BCUT2D eigenvalue weighted by Gasteiger charge is -2.28. The van der Waals surface area contributed by atoms with E-state index in [1.165, 1.54) is 0 Å². The molecule has 0 aliphatic rings. The van der Waals surface area contributed by atoms with Gasteiger partial charge in [0.25, 0.3) is 0 Å². The topological polar surface area (TPSA) is 50.8 Å². The summed E-state index contributed by atoms with van der Waals surface area (Å²) in [6.45, 7) is 6.44. The molecule has 0 bridgehead atoms. The van der Waals surface area contributed by atoms with Crippen LogP contribution in [-0.4, -0.2) is 57.5 Å². The van der Waals surface area contributed by atoms with Gasteiger partial charge in [0.2, 0.25) is 0 Å². The zero-order valence-electron chi connectivity index (χ0n) is 11.5. The Morgan fingerprint density at radius 3 is 2.59 bits per heavy atom. The van der Waals surface area contributed by atoms with Gasteiger partial charge in [-0.15, -0.1) is 0 Å². The highest BCUT2D eigenvalue weighted by Crippen LogP contribution is 2.01. The average molecular weight is 246 g/mol. The maximum atomic E-state index is 11.9. The minimum Gasteiger partial charge on any atom is -0.383 e. The van der Waals surface area contributed by atoms with E-state index in [1.54, 1.807) is 19.1 Å². The molecule has 0 aromatic carbocycles. The van der Waals surface area contributed by atoms with Crippen LogP contribution in [0.1, 0.15) is 26.7 Å². The maximum absolute atomic E-state index is 11.9. The van der Waals surface area contributed by atoms with Crippen LogP contribution in [0.3, 0.4) is 0 Å². The Morgan fingerprint density at radius 2 is 2.06 bits per heavy atom. The Bertz CT molecular complexity index is 200. The van der Waals surface area contributed by atoms with Gasteiger partial charge >= 0.3 is 6.03 Å². The van der Waals surface area contributed by atoms with E-state index < -0.39 is 0 Å². The fraction of sp³-hybridized carbons (Fsp3) is 0.917. The van der Waals surface area contributed by atoms with Crippen molar-refractivity contribution in [3.05, 3.63) is 0 Å². The number of urea groups is 1. The molecular weight excluding hydrogens is 220 g/mol. The monoisotopic (exact) mass is 246 g/mol. The number of carbonyl (C=O) groups excluding carboxylic acids is 1. The molecule has 0 radical (unpaired) electrons. The van der Waals surface area contributed by atoms with Crippen molar-refractivity contribution in [2.45, 2.75) is 32.7 Å². The van der Waals surface area contributed by atoms with Crippen molar-refractivity contribution < 1.29 is 14.3 Å². The molecule has 5 nitrogen and oxygen atoms in total. The molecule has 17 heavy (non-hydrogen) atoms. The first-order chi connectivity index (χ1) is 8.17. The largest absolute Gasteiger partial charge is 0.383 e. The van der Waals surface area contributed by atoms with Crippen molar-refractivity contribution in [3.8, 4) is 0 Å². The number of hydrogen-bond acceptors (Lipinski definition) is 3. The third-order valence-corrected chi connectivity index (χ3v) is 2.54. The molecule has 0 aliphatic heterocycles. The summed E-state index contributed by atoms with van der Waals surface area (Å²) < 4.78 is 10.1. The van der Waals surface area contributed by atoms with Gasteiger partial charge < -0.3 is 19.7 Å². The zero-order chi connectivity index (χ0) is 13.1. The van der Waals surface area contributed by atoms with Crippen LogP contribution in [0, 0.1) is 0 Å². The number of hydrogen-bond donors (Lipinski definition) is 1. The van der Waals surface area contributed by atoms with Gasteiger partial charge in [0, 0.05) is 27.3 Å². The predicted molar refractivity (Wildman–Crippen MR) is 68.2 cm³/mol. The van der Waals surface area contributed by atoms with Crippen LogP contribution >= 0.6 is 0 Å². The molecule has 1 atom stereocenters. The molecule has 0 aromatic rings. The van der Waals surface area contributed by atoms with Crippen molar-refractivity contribution in [2.75, 3.05) is 40.5 Å². The van der Waals surface area contributed by atoms with Crippen LogP contribution in [0.15, 0.2) is 0 Å². The first-order valence-corrected chi connectivity index (χ1v) is 6.19. The Kier molecular flexibility index (Phi) is 9.86. The summed E-state index contributed by atoms with van der Waals surface area (Å²) in [7, 11) is 3.27. The van der Waals surface area contributed by atoms with E-state index in [0.717, 1.165) is 19.4 Å². The second-order valence-electron chi connectivity index (χ2n) is 4.08. The molecule has 5 heteroatoms. The molecule has 0 saturated carbocycles. The second kappa shape index (κ2) is 10.4. The fourth-order valence-electron chi connectivity index (χ4n) is 1.52. The molecule has 0 spiro atoms. The van der Waals surface area contributed by atoms with Crippen LogP contribution < -0.4 is 5.32 Å². The van der Waals surface area contributed by atoms with Crippen LogP contribution in [-0.2, 0) is 9.47 Å². The molecule has 2 amide bonds. The molecule has 0 fully saturated rings. The number of rotatable bonds is 9. The van der Waals surface area contributed by atoms with E-state index in [2.05, 4.69) is 12.2 Å². The Hall–Kier alpha value is -0.810. The lowest BCUT2D eigenvalue weighted by molar-refractivity contribution is 0.0904. The SMILES string of the molecule is CCCCNC(=O)N(CCOC)C(C)COC. The lowest BCUT2D eigenvalue weighted by Crippen LogP contribution is -2.48. The summed E-state index contributed by atoms with van der Waals surface area (Å²) >= 11 is 0. The van der Waals surface area contributed by atoms with Gasteiger partial charge in [-0.3, -0.25) is 0 Å². The van der Waals surface area contributed by atoms with Crippen molar-refractivity contribution >= 4 is 6.03 Å². The number of nitrogens with zero attached hydrogens (tertiary/aromatic N) is 1. The van der Waals surface area contributed by atoms with E-state index in [9.17, 15) is 4.79 Å². The number of unbranched alkanes of at least 4 members (excludes halogenated alkanes) is 1. The molecule has 0 saturated heterocycles. The second-order valence-corrected chi connectivity index (χ2v) is 4.08. The number of nitrogens with one attached hydrogen (secondary N) is 1. The smallest absolute Gasteiger partial charge is 0.317 e. The highest BCUT2D eigenvalue weighted by Gasteiger charge is 2.19. The normalized spacial score (nSPS) is 12.2. The lowest BCUT2D eigenvalue weighted by atomic mass is 10.3. The first kappa shape index (κ1) is 16.2. The van der Waals surface area contributed by atoms with Crippen LogP contribution in [0.4, 0.5) is 4.79 Å². The minimum atomic E-state index is -0.0416. The molecule has 0 aromatic heterocycles. The highest BCUT2D eigenvalue weighted by molar-refractivity contribution is 5.74. The van der Waals surface area contributed by atoms with Crippen molar-refractivity contribution in [1.82, 2.24) is 10.2 Å². The van der Waals surface area contributed by atoms with Crippen molar-refractivity contribution in [3.63, 3.8) is 0 Å². The maximum Gasteiger partial charge on any atom is 0.317 e. The summed E-state index contributed by atoms with van der Waals surface area (Å²) in [5.41, 5.74) is 0. The predicted octanol–water partition coefficient (Wildman–Crippen LogP) is 1.48. The Labute approximate surface area is 104 Å². The van der Waals surface area contributed by atoms with Crippen LogP contribution in [0.5, 0.6) is 0 Å². The summed E-state index contributed by atoms with van der Waals surface area (Å²) in [5, 5.41) is 2.91. The molecule has 102 valence electrons. The minimum absolute atomic E-state index is 0.0416. The van der Waals surface area contributed by atoms with Crippen LogP contribution in [0.2, 0.25) is 0 Å². The van der Waals surface area contributed by atoms with Gasteiger partial charge in [0.05, 0.1) is 19.3 Å². The highest BCUT2D eigenvalue weighted by atomic mass is 16.5. The van der Waals surface area contributed by atoms with Gasteiger partial charge in [0.15, 0.2) is 0 Å². The van der Waals surface area contributed by atoms with Gasteiger partial charge in [-0.1, -0.05) is 13.3 Å². The van der Waals surface area contributed by atoms with E-state index >= 15 is 0 Å². The number of ether oxygens (including phenoxy) is 2. The molecule has 0 aliphatic carbocycles. The summed E-state index contributed by atoms with van der Waals surface area (Å²) in [5.74, 6) is 0. The van der Waals surface area contributed by atoms with Crippen molar-refractivity contribution in [1.29, 1.82) is 0 Å². The van der Waals surface area contributed by atoms with Gasteiger partial charge in [-0.05, 0) is 13.3 Å². The van der Waals surface area contributed by atoms with E-state index in [1.807, 2.05) is 6.92 Å².